The van der Waals surface area contributed by atoms with Gasteiger partial charge in [0.1, 0.15) is 0 Å². The lowest BCUT2D eigenvalue weighted by molar-refractivity contribution is 0.167. The van der Waals surface area contributed by atoms with E-state index in [0.29, 0.717) is 31.7 Å². The minimum absolute atomic E-state index is 0.166. The predicted molar refractivity (Wildman–Crippen MR) is 73.3 cm³/mol. The van der Waals surface area contributed by atoms with Crippen molar-refractivity contribution < 1.29 is 4.74 Å². The molecule has 1 heterocycles. The Labute approximate surface area is 112 Å². The summed E-state index contributed by atoms with van der Waals surface area (Å²) in [5, 5.41) is 3.19. The van der Waals surface area contributed by atoms with Crippen LogP contribution in [0.5, 0.6) is 0 Å². The number of aromatic nitrogens is 3. The average molecular weight is 272 g/mol. The second kappa shape index (κ2) is 7.13. The molecule has 18 heavy (non-hydrogen) atoms. The summed E-state index contributed by atoms with van der Waals surface area (Å²) >= 11 is 5.80. The highest BCUT2D eigenvalue weighted by atomic mass is 35.5. The Kier molecular flexibility index (Phi) is 5.80. The molecule has 0 aliphatic rings. The number of hydrogen-bond acceptors (Lipinski definition) is 6. The van der Waals surface area contributed by atoms with E-state index in [-0.39, 0.29) is 5.28 Å². The summed E-state index contributed by atoms with van der Waals surface area (Å²) in [6.45, 7) is 7.38. The molecule has 1 aromatic heterocycles. The molecule has 0 saturated carbocycles. The summed E-state index contributed by atoms with van der Waals surface area (Å²) in [6, 6.07) is 0. The predicted octanol–water partition coefficient (Wildman–Crippen LogP) is 1.60. The van der Waals surface area contributed by atoms with Crippen LogP contribution in [0.4, 0.5) is 11.9 Å². The van der Waals surface area contributed by atoms with Crippen LogP contribution >= 0.6 is 11.6 Å². The van der Waals surface area contributed by atoms with Gasteiger partial charge in [-0.05, 0) is 18.5 Å². The SMILES string of the molecule is C=C(C)COCCNc1nc(Cl)nc(N(C)C)n1. The third-order valence-corrected chi connectivity index (χ3v) is 2.04. The van der Waals surface area contributed by atoms with E-state index in [1.807, 2.05) is 21.0 Å². The first-order chi connectivity index (χ1) is 8.49. The van der Waals surface area contributed by atoms with Crippen molar-refractivity contribution in [1.82, 2.24) is 15.0 Å². The molecule has 100 valence electrons. The number of hydrogen-bond donors (Lipinski definition) is 1. The number of nitrogens with one attached hydrogen (secondary N) is 1. The van der Waals surface area contributed by atoms with E-state index in [4.69, 9.17) is 16.3 Å². The molecule has 1 rings (SSSR count). The Balaban J connectivity index is 2.44. The van der Waals surface area contributed by atoms with Gasteiger partial charge in [0, 0.05) is 20.6 Å². The fourth-order valence-corrected chi connectivity index (χ4v) is 1.26. The zero-order valence-corrected chi connectivity index (χ0v) is 11.7. The lowest BCUT2D eigenvalue weighted by Crippen LogP contribution is -2.17. The number of halogens is 1. The van der Waals surface area contributed by atoms with Crippen LogP contribution < -0.4 is 10.2 Å². The minimum atomic E-state index is 0.166. The van der Waals surface area contributed by atoms with Crippen LogP contribution in [-0.4, -0.2) is 48.8 Å². The molecule has 0 aromatic carbocycles. The molecule has 1 aromatic rings. The van der Waals surface area contributed by atoms with Gasteiger partial charge in [0.15, 0.2) is 0 Å². The number of ether oxygens (including phenoxy) is 1. The molecular formula is C11H18ClN5O. The Morgan fingerprint density at radius 3 is 2.72 bits per heavy atom. The van der Waals surface area contributed by atoms with Gasteiger partial charge in [-0.3, -0.25) is 0 Å². The standard InChI is InChI=1S/C11H18ClN5O/c1-8(2)7-18-6-5-13-10-14-9(12)15-11(16-10)17(3)4/h1,5-7H2,2-4H3,(H,13,14,15,16). The highest BCUT2D eigenvalue weighted by Gasteiger charge is 2.05. The molecule has 0 aliphatic carbocycles. The summed E-state index contributed by atoms with van der Waals surface area (Å²) in [4.78, 5) is 13.9. The van der Waals surface area contributed by atoms with Gasteiger partial charge in [-0.25, -0.2) is 0 Å². The maximum atomic E-state index is 5.80. The lowest BCUT2D eigenvalue weighted by Gasteiger charge is -2.11. The maximum Gasteiger partial charge on any atom is 0.230 e. The van der Waals surface area contributed by atoms with E-state index >= 15 is 0 Å². The summed E-state index contributed by atoms with van der Waals surface area (Å²) in [6.07, 6.45) is 0. The highest BCUT2D eigenvalue weighted by Crippen LogP contribution is 2.10. The number of rotatable bonds is 7. The summed E-state index contributed by atoms with van der Waals surface area (Å²) in [7, 11) is 3.68. The Morgan fingerprint density at radius 2 is 2.11 bits per heavy atom. The Morgan fingerprint density at radius 1 is 1.39 bits per heavy atom. The second-order valence-corrected chi connectivity index (χ2v) is 4.40. The fourth-order valence-electron chi connectivity index (χ4n) is 1.10. The van der Waals surface area contributed by atoms with Gasteiger partial charge in [0.05, 0.1) is 13.2 Å². The molecule has 0 saturated heterocycles. The van der Waals surface area contributed by atoms with E-state index in [2.05, 4.69) is 26.8 Å². The van der Waals surface area contributed by atoms with Crippen LogP contribution in [0.1, 0.15) is 6.92 Å². The smallest absolute Gasteiger partial charge is 0.230 e. The molecule has 0 spiro atoms. The molecule has 0 aliphatic heterocycles. The largest absolute Gasteiger partial charge is 0.375 e. The first-order valence-electron chi connectivity index (χ1n) is 5.54. The third kappa shape index (κ3) is 5.29. The molecule has 0 atom stereocenters. The van der Waals surface area contributed by atoms with E-state index in [0.717, 1.165) is 5.57 Å². The maximum absolute atomic E-state index is 5.80. The van der Waals surface area contributed by atoms with Crippen molar-refractivity contribution in [1.29, 1.82) is 0 Å². The zero-order chi connectivity index (χ0) is 13.5. The van der Waals surface area contributed by atoms with E-state index < -0.39 is 0 Å². The Bertz CT molecular complexity index is 410. The van der Waals surface area contributed by atoms with Crippen LogP contribution in [0.15, 0.2) is 12.2 Å². The van der Waals surface area contributed by atoms with Crippen molar-refractivity contribution in [2.45, 2.75) is 6.92 Å². The molecule has 0 unspecified atom stereocenters. The first kappa shape index (κ1) is 14.7. The van der Waals surface area contributed by atoms with Gasteiger partial charge in [-0.2, -0.15) is 15.0 Å². The van der Waals surface area contributed by atoms with Gasteiger partial charge in [0.25, 0.3) is 0 Å². The van der Waals surface area contributed by atoms with Crippen LogP contribution in [0.25, 0.3) is 0 Å². The fraction of sp³-hybridized carbons (Fsp3) is 0.545. The van der Waals surface area contributed by atoms with Crippen molar-refractivity contribution in [3.8, 4) is 0 Å². The van der Waals surface area contributed by atoms with Gasteiger partial charge in [-0.15, -0.1) is 0 Å². The lowest BCUT2D eigenvalue weighted by atomic mass is 10.4. The zero-order valence-electron chi connectivity index (χ0n) is 10.9. The van der Waals surface area contributed by atoms with Gasteiger partial charge < -0.3 is 15.0 Å². The molecule has 1 N–H and O–H groups in total. The van der Waals surface area contributed by atoms with Crippen molar-refractivity contribution >= 4 is 23.5 Å². The molecule has 0 bridgehead atoms. The molecular weight excluding hydrogens is 254 g/mol. The Hall–Kier alpha value is -1.40. The normalized spacial score (nSPS) is 10.2. The van der Waals surface area contributed by atoms with Crippen LogP contribution in [0.3, 0.4) is 0 Å². The quantitative estimate of drug-likeness (QED) is 0.600. The number of anilines is 2. The summed E-state index contributed by atoms with van der Waals surface area (Å²) < 4.78 is 5.35. The molecule has 0 fully saturated rings. The van der Waals surface area contributed by atoms with Crippen LogP contribution in [-0.2, 0) is 4.74 Å². The monoisotopic (exact) mass is 271 g/mol. The van der Waals surface area contributed by atoms with Crippen LogP contribution in [0, 0.1) is 0 Å². The van der Waals surface area contributed by atoms with E-state index in [9.17, 15) is 0 Å². The summed E-state index contributed by atoms with van der Waals surface area (Å²) in [5.41, 5.74) is 0.994. The minimum Gasteiger partial charge on any atom is -0.375 e. The summed E-state index contributed by atoms with van der Waals surface area (Å²) in [5.74, 6) is 0.956. The topological polar surface area (TPSA) is 63.2 Å². The highest BCUT2D eigenvalue weighted by molar-refractivity contribution is 6.28. The second-order valence-electron chi connectivity index (χ2n) is 4.06. The van der Waals surface area contributed by atoms with Crippen molar-refractivity contribution in [3.05, 3.63) is 17.4 Å². The molecule has 7 heteroatoms. The van der Waals surface area contributed by atoms with Crippen LogP contribution in [0.2, 0.25) is 5.28 Å². The van der Waals surface area contributed by atoms with Crippen molar-refractivity contribution in [3.63, 3.8) is 0 Å². The number of nitrogens with zero attached hydrogens (tertiary/aromatic N) is 4. The van der Waals surface area contributed by atoms with Gasteiger partial charge in [0.2, 0.25) is 17.2 Å². The van der Waals surface area contributed by atoms with Crippen molar-refractivity contribution in [2.24, 2.45) is 0 Å². The van der Waals surface area contributed by atoms with Gasteiger partial charge >= 0.3 is 0 Å². The molecule has 0 radical (unpaired) electrons. The third-order valence-electron chi connectivity index (χ3n) is 1.87. The van der Waals surface area contributed by atoms with Crippen molar-refractivity contribution in [2.75, 3.05) is 44.1 Å². The first-order valence-corrected chi connectivity index (χ1v) is 5.91. The van der Waals surface area contributed by atoms with E-state index in [1.165, 1.54) is 0 Å². The average Bonchev–Trinajstić information content (AvgIpc) is 2.27. The molecule has 0 amide bonds. The van der Waals surface area contributed by atoms with Gasteiger partial charge in [-0.1, -0.05) is 12.2 Å². The molecule has 6 nitrogen and oxygen atoms in total. The van der Waals surface area contributed by atoms with E-state index in [1.54, 1.807) is 4.90 Å².